The van der Waals surface area contributed by atoms with Gasteiger partial charge >= 0.3 is 0 Å². The summed E-state index contributed by atoms with van der Waals surface area (Å²) in [5.74, 6) is 0.173. The predicted octanol–water partition coefficient (Wildman–Crippen LogP) is 3.35. The summed E-state index contributed by atoms with van der Waals surface area (Å²) in [6.07, 6.45) is 1.49. The predicted molar refractivity (Wildman–Crippen MR) is 103 cm³/mol. The minimum atomic E-state index is -0.0839. The van der Waals surface area contributed by atoms with E-state index in [0.29, 0.717) is 28.6 Å². The van der Waals surface area contributed by atoms with Gasteiger partial charge in [0.25, 0.3) is 0 Å². The molecule has 1 aromatic heterocycles. The van der Waals surface area contributed by atoms with Crippen molar-refractivity contribution in [2.45, 2.75) is 20.4 Å². The van der Waals surface area contributed by atoms with Gasteiger partial charge in [-0.2, -0.15) is 0 Å². The van der Waals surface area contributed by atoms with E-state index in [0.717, 1.165) is 23.1 Å². The van der Waals surface area contributed by atoms with Crippen LogP contribution in [0.3, 0.4) is 0 Å². The van der Waals surface area contributed by atoms with Crippen LogP contribution in [-0.4, -0.2) is 18.2 Å². The Morgan fingerprint density at radius 1 is 1.08 bits per heavy atom. The zero-order valence-electron chi connectivity index (χ0n) is 14.3. The van der Waals surface area contributed by atoms with Crippen molar-refractivity contribution in [2.24, 2.45) is 0 Å². The van der Waals surface area contributed by atoms with Gasteiger partial charge < -0.3 is 14.4 Å². The highest BCUT2D eigenvalue weighted by Gasteiger charge is 2.18. The smallest absolute Gasteiger partial charge is 0.200 e. The molecule has 0 radical (unpaired) electrons. The summed E-state index contributed by atoms with van der Waals surface area (Å²) in [7, 11) is 0. The summed E-state index contributed by atoms with van der Waals surface area (Å²) < 4.78 is 6.78. The van der Waals surface area contributed by atoms with Gasteiger partial charge in [0.2, 0.25) is 5.43 Å². The minimum absolute atomic E-state index is 0.0839. The Morgan fingerprint density at radius 3 is 2.40 bits per heavy atom. The van der Waals surface area contributed by atoms with Crippen LogP contribution in [0.25, 0.3) is 22.1 Å². The molecule has 0 amide bonds. The Labute approximate surface area is 154 Å². The van der Waals surface area contributed by atoms with E-state index in [1.165, 1.54) is 11.2 Å². The summed E-state index contributed by atoms with van der Waals surface area (Å²) in [5, 5.41) is 10.8. The number of fused-ring (bicyclic) bond motifs is 1. The molecule has 0 fully saturated rings. The molecule has 25 heavy (non-hydrogen) atoms. The first-order valence-electron chi connectivity index (χ1n) is 8.41. The van der Waals surface area contributed by atoms with Crippen molar-refractivity contribution in [3.8, 4) is 16.9 Å². The lowest BCUT2D eigenvalue weighted by molar-refractivity contribution is -0.910. The molecule has 0 aliphatic rings. The Kier molecular flexibility index (Phi) is 5.25. The van der Waals surface area contributed by atoms with E-state index in [9.17, 15) is 9.90 Å². The fraction of sp³-hybridized carbons (Fsp3) is 0.250. The first-order chi connectivity index (χ1) is 12.0. The molecule has 2 N–H and O–H groups in total. The monoisotopic (exact) mass is 402 g/mol. The minimum Gasteiger partial charge on any atom is -0.507 e. The number of benzene rings is 2. The van der Waals surface area contributed by atoms with Crippen LogP contribution in [0.15, 0.2) is 56.3 Å². The van der Waals surface area contributed by atoms with Gasteiger partial charge in [-0.25, -0.2) is 0 Å². The number of nitrogens with one attached hydrogen (secondary N) is 1. The van der Waals surface area contributed by atoms with Crippen molar-refractivity contribution in [3.05, 3.63) is 62.9 Å². The van der Waals surface area contributed by atoms with Gasteiger partial charge in [0.1, 0.15) is 24.1 Å². The van der Waals surface area contributed by atoms with Gasteiger partial charge in [-0.15, -0.1) is 0 Å². The fourth-order valence-electron chi connectivity index (χ4n) is 3.00. The maximum atomic E-state index is 12.9. The number of quaternary nitrogens is 1. The van der Waals surface area contributed by atoms with Crippen LogP contribution < -0.4 is 10.3 Å². The molecule has 0 saturated heterocycles. The molecule has 130 valence electrons. The zero-order valence-corrected chi connectivity index (χ0v) is 15.9. The largest absolute Gasteiger partial charge is 0.507 e. The second-order valence-electron chi connectivity index (χ2n) is 6.06. The quantitative estimate of drug-likeness (QED) is 0.687. The number of hydrogen-bond donors (Lipinski definition) is 2. The summed E-state index contributed by atoms with van der Waals surface area (Å²) in [5.41, 5.74) is 2.41. The van der Waals surface area contributed by atoms with Gasteiger partial charge in [0, 0.05) is 4.47 Å². The third-order valence-corrected chi connectivity index (χ3v) is 5.13. The van der Waals surface area contributed by atoms with Crippen LogP contribution in [0, 0.1) is 0 Å². The van der Waals surface area contributed by atoms with Crippen LogP contribution >= 0.6 is 15.9 Å². The molecule has 5 heteroatoms. The van der Waals surface area contributed by atoms with Crippen LogP contribution in [0.1, 0.15) is 19.4 Å². The lowest BCUT2D eigenvalue weighted by Gasteiger charge is -2.17. The van der Waals surface area contributed by atoms with Crippen molar-refractivity contribution in [2.75, 3.05) is 13.1 Å². The average Bonchev–Trinajstić information content (AvgIpc) is 2.62. The number of halogens is 1. The van der Waals surface area contributed by atoms with Crippen molar-refractivity contribution < 1.29 is 14.4 Å². The van der Waals surface area contributed by atoms with Crippen molar-refractivity contribution in [3.63, 3.8) is 0 Å². The summed E-state index contributed by atoms with van der Waals surface area (Å²) in [4.78, 5) is 14.2. The van der Waals surface area contributed by atoms with Crippen LogP contribution in [-0.2, 0) is 6.54 Å². The standard InChI is InChI=1S/C20H20BrNO3/c1-3-22(4-2)11-16-18(23)10-9-15-19(24)17(12-25-20(15)16)13-5-7-14(21)8-6-13/h5-10,12,23H,3-4,11H2,1-2H3/p+1. The van der Waals surface area contributed by atoms with E-state index in [-0.39, 0.29) is 11.2 Å². The van der Waals surface area contributed by atoms with Crippen LogP contribution in [0.4, 0.5) is 0 Å². The molecular weight excluding hydrogens is 382 g/mol. The first-order valence-corrected chi connectivity index (χ1v) is 9.20. The van der Waals surface area contributed by atoms with Gasteiger partial charge in [0.15, 0.2) is 0 Å². The van der Waals surface area contributed by atoms with Crippen molar-refractivity contribution in [1.29, 1.82) is 0 Å². The van der Waals surface area contributed by atoms with Gasteiger partial charge in [0.05, 0.1) is 29.6 Å². The summed E-state index contributed by atoms with van der Waals surface area (Å²) >= 11 is 3.40. The van der Waals surface area contributed by atoms with Crippen molar-refractivity contribution >= 4 is 26.9 Å². The highest BCUT2D eigenvalue weighted by molar-refractivity contribution is 9.10. The lowest BCUT2D eigenvalue weighted by Crippen LogP contribution is -3.10. The van der Waals surface area contributed by atoms with Gasteiger partial charge in [-0.05, 0) is 43.7 Å². The molecule has 1 heterocycles. The second-order valence-corrected chi connectivity index (χ2v) is 6.97. The highest BCUT2D eigenvalue weighted by Crippen LogP contribution is 2.28. The third kappa shape index (κ3) is 3.48. The van der Waals surface area contributed by atoms with E-state index in [4.69, 9.17) is 4.42 Å². The Hall–Kier alpha value is -2.11. The van der Waals surface area contributed by atoms with E-state index in [1.807, 2.05) is 24.3 Å². The Morgan fingerprint density at radius 2 is 1.76 bits per heavy atom. The zero-order chi connectivity index (χ0) is 18.0. The molecule has 0 bridgehead atoms. The third-order valence-electron chi connectivity index (χ3n) is 4.60. The maximum absolute atomic E-state index is 12.9. The van der Waals surface area contributed by atoms with E-state index in [1.54, 1.807) is 12.1 Å². The molecule has 3 rings (SSSR count). The molecule has 0 aliphatic heterocycles. The Bertz CT molecular complexity index is 944. The number of aromatic hydroxyl groups is 1. The number of phenols is 1. The maximum Gasteiger partial charge on any atom is 0.200 e. The lowest BCUT2D eigenvalue weighted by atomic mass is 10.0. The van der Waals surface area contributed by atoms with E-state index >= 15 is 0 Å². The molecule has 3 aromatic rings. The summed E-state index contributed by atoms with van der Waals surface area (Å²) in [6.45, 7) is 6.70. The fourth-order valence-corrected chi connectivity index (χ4v) is 3.26. The Balaban J connectivity index is 2.15. The van der Waals surface area contributed by atoms with Crippen LogP contribution in [0.2, 0.25) is 0 Å². The van der Waals surface area contributed by atoms with E-state index < -0.39 is 0 Å². The molecule has 0 spiro atoms. The van der Waals surface area contributed by atoms with Gasteiger partial charge in [-0.3, -0.25) is 4.79 Å². The molecule has 0 unspecified atom stereocenters. The van der Waals surface area contributed by atoms with Crippen molar-refractivity contribution in [1.82, 2.24) is 0 Å². The number of rotatable bonds is 5. The SMILES string of the molecule is CC[NH+](CC)Cc1c(O)ccc2c(=O)c(-c3ccc(Br)cc3)coc12. The first kappa shape index (κ1) is 17.7. The molecular formula is C20H21BrNO3+. The second kappa shape index (κ2) is 7.42. The molecule has 0 saturated carbocycles. The topological polar surface area (TPSA) is 54.9 Å². The number of hydrogen-bond acceptors (Lipinski definition) is 3. The molecule has 0 aliphatic carbocycles. The normalized spacial score (nSPS) is 11.4. The molecule has 2 aromatic carbocycles. The molecule has 0 atom stereocenters. The summed E-state index contributed by atoms with van der Waals surface area (Å²) in [6, 6.07) is 10.8. The average molecular weight is 403 g/mol. The number of phenolic OH excluding ortho intramolecular Hbond substituents is 1. The van der Waals surface area contributed by atoms with E-state index in [2.05, 4.69) is 29.8 Å². The highest BCUT2D eigenvalue weighted by atomic mass is 79.9. The molecule has 4 nitrogen and oxygen atoms in total. The van der Waals surface area contributed by atoms with Crippen LogP contribution in [0.5, 0.6) is 5.75 Å². The van der Waals surface area contributed by atoms with Gasteiger partial charge in [-0.1, -0.05) is 28.1 Å².